The van der Waals surface area contributed by atoms with Crippen molar-refractivity contribution in [3.63, 3.8) is 0 Å². The molecule has 0 aromatic heterocycles. The lowest BCUT2D eigenvalue weighted by Crippen LogP contribution is -2.36. The molecule has 2 rings (SSSR count). The molecule has 1 aromatic carbocycles. The predicted octanol–water partition coefficient (Wildman–Crippen LogP) is 1.97. The first kappa shape index (κ1) is 14.5. The minimum absolute atomic E-state index is 0.0142. The van der Waals surface area contributed by atoms with E-state index in [1.807, 2.05) is 4.90 Å². The van der Waals surface area contributed by atoms with E-state index < -0.39 is 12.1 Å². The number of nitrogens with zero attached hydrogens (tertiary/aromatic N) is 1. The molecule has 1 atom stereocenters. The molecular weight excluding hydrogens is 284 g/mol. The van der Waals surface area contributed by atoms with Crippen molar-refractivity contribution in [3.8, 4) is 0 Å². The zero-order valence-electron chi connectivity index (χ0n) is 10.9. The number of alkyl carbamates (subject to hydrolysis) is 1. The van der Waals surface area contributed by atoms with Gasteiger partial charge in [0, 0.05) is 18.8 Å². The van der Waals surface area contributed by atoms with Crippen LogP contribution < -0.4 is 10.2 Å². The second kappa shape index (κ2) is 6.00. The molecular formula is C13H15ClN2O4. The van der Waals surface area contributed by atoms with E-state index in [4.69, 9.17) is 16.7 Å². The number of halogens is 1. The van der Waals surface area contributed by atoms with Gasteiger partial charge in [-0.2, -0.15) is 0 Å². The van der Waals surface area contributed by atoms with Crippen LogP contribution in [0, 0.1) is 0 Å². The first-order valence-corrected chi connectivity index (χ1v) is 6.51. The maximum atomic E-state index is 11.1. The summed E-state index contributed by atoms with van der Waals surface area (Å²) in [7, 11) is 1.33. The second-order valence-corrected chi connectivity index (χ2v) is 4.94. The smallest absolute Gasteiger partial charge is 0.407 e. The zero-order valence-corrected chi connectivity index (χ0v) is 11.7. The monoisotopic (exact) mass is 298 g/mol. The largest absolute Gasteiger partial charge is 0.478 e. The number of benzene rings is 1. The van der Waals surface area contributed by atoms with Crippen LogP contribution in [-0.2, 0) is 4.74 Å². The highest BCUT2D eigenvalue weighted by molar-refractivity contribution is 6.33. The highest BCUT2D eigenvalue weighted by Gasteiger charge is 2.25. The Morgan fingerprint density at radius 2 is 2.25 bits per heavy atom. The van der Waals surface area contributed by atoms with Gasteiger partial charge in [0.2, 0.25) is 0 Å². The van der Waals surface area contributed by atoms with Crippen molar-refractivity contribution in [2.45, 2.75) is 12.5 Å². The van der Waals surface area contributed by atoms with Gasteiger partial charge in [0.25, 0.3) is 0 Å². The Morgan fingerprint density at radius 1 is 1.50 bits per heavy atom. The number of nitrogens with one attached hydrogen (secondary N) is 1. The molecule has 7 heteroatoms. The third kappa shape index (κ3) is 3.14. The molecule has 0 bridgehead atoms. The standard InChI is InChI=1S/C13H15ClN2O4/c1-20-13(19)15-8-4-5-16(7-8)9-2-3-10(12(17)18)11(14)6-9/h2-3,6,8H,4-5,7H2,1H3,(H,15,19)(H,17,18). The quantitative estimate of drug-likeness (QED) is 0.892. The van der Waals surface area contributed by atoms with E-state index in [0.29, 0.717) is 6.54 Å². The molecule has 0 aliphatic carbocycles. The predicted molar refractivity (Wildman–Crippen MR) is 74.6 cm³/mol. The number of methoxy groups -OCH3 is 1. The maximum absolute atomic E-state index is 11.1. The normalized spacial score (nSPS) is 17.9. The van der Waals surface area contributed by atoms with Crippen molar-refractivity contribution in [1.82, 2.24) is 5.32 Å². The molecule has 1 amide bonds. The number of anilines is 1. The summed E-state index contributed by atoms with van der Waals surface area (Å²) in [6.45, 7) is 1.40. The number of amides is 1. The maximum Gasteiger partial charge on any atom is 0.407 e. The molecule has 1 heterocycles. The van der Waals surface area contributed by atoms with Gasteiger partial charge < -0.3 is 20.1 Å². The van der Waals surface area contributed by atoms with E-state index in [9.17, 15) is 9.59 Å². The molecule has 0 spiro atoms. The lowest BCUT2D eigenvalue weighted by Gasteiger charge is -2.19. The number of aromatic carboxylic acids is 1. The Hall–Kier alpha value is -1.95. The lowest BCUT2D eigenvalue weighted by molar-refractivity contribution is 0.0697. The topological polar surface area (TPSA) is 78.9 Å². The van der Waals surface area contributed by atoms with Gasteiger partial charge in [-0.3, -0.25) is 0 Å². The average Bonchev–Trinajstić information content (AvgIpc) is 2.86. The van der Waals surface area contributed by atoms with E-state index in [1.54, 1.807) is 12.1 Å². The van der Waals surface area contributed by atoms with Crippen LogP contribution >= 0.6 is 11.6 Å². The molecule has 0 radical (unpaired) electrons. The summed E-state index contributed by atoms with van der Waals surface area (Å²) >= 11 is 5.95. The average molecular weight is 299 g/mol. The van der Waals surface area contributed by atoms with E-state index in [0.717, 1.165) is 18.7 Å². The SMILES string of the molecule is COC(=O)NC1CCN(c2ccc(C(=O)O)c(Cl)c2)C1. The van der Waals surface area contributed by atoms with Gasteiger partial charge in [-0.05, 0) is 24.6 Å². The fourth-order valence-corrected chi connectivity index (χ4v) is 2.47. The van der Waals surface area contributed by atoms with Gasteiger partial charge in [-0.1, -0.05) is 11.6 Å². The van der Waals surface area contributed by atoms with Crippen molar-refractivity contribution in [2.75, 3.05) is 25.1 Å². The van der Waals surface area contributed by atoms with Crippen LogP contribution in [0.1, 0.15) is 16.8 Å². The Morgan fingerprint density at radius 3 is 2.85 bits per heavy atom. The van der Waals surface area contributed by atoms with Crippen LogP contribution in [0.3, 0.4) is 0 Å². The molecule has 20 heavy (non-hydrogen) atoms. The van der Waals surface area contributed by atoms with Crippen LogP contribution in [0.25, 0.3) is 0 Å². The number of ether oxygens (including phenoxy) is 1. The summed E-state index contributed by atoms with van der Waals surface area (Å²) in [5.41, 5.74) is 0.924. The van der Waals surface area contributed by atoms with Crippen LogP contribution in [-0.4, -0.2) is 43.4 Å². The molecule has 1 saturated heterocycles. The molecule has 108 valence electrons. The van der Waals surface area contributed by atoms with Crippen molar-refractivity contribution in [1.29, 1.82) is 0 Å². The molecule has 1 unspecified atom stereocenters. The van der Waals surface area contributed by atoms with Crippen molar-refractivity contribution >= 4 is 29.4 Å². The van der Waals surface area contributed by atoms with Gasteiger partial charge in [-0.25, -0.2) is 9.59 Å². The van der Waals surface area contributed by atoms with E-state index in [1.165, 1.54) is 13.2 Å². The minimum Gasteiger partial charge on any atom is -0.478 e. The molecule has 2 N–H and O–H groups in total. The number of hydrogen-bond donors (Lipinski definition) is 2. The number of carbonyl (C=O) groups is 2. The molecule has 1 aromatic rings. The molecule has 1 aliphatic heterocycles. The number of carboxylic acid groups (broad SMARTS) is 1. The summed E-state index contributed by atoms with van der Waals surface area (Å²) < 4.78 is 4.56. The van der Waals surface area contributed by atoms with Crippen LogP contribution in [0.15, 0.2) is 18.2 Å². The fraction of sp³-hybridized carbons (Fsp3) is 0.385. The molecule has 1 aliphatic rings. The first-order chi connectivity index (χ1) is 9.51. The van der Waals surface area contributed by atoms with Gasteiger partial charge in [0.15, 0.2) is 0 Å². The van der Waals surface area contributed by atoms with E-state index >= 15 is 0 Å². The summed E-state index contributed by atoms with van der Waals surface area (Å²) in [6.07, 6.45) is 0.351. The number of carbonyl (C=O) groups excluding carboxylic acids is 1. The minimum atomic E-state index is -1.05. The van der Waals surface area contributed by atoms with E-state index in [-0.39, 0.29) is 16.6 Å². The Balaban J connectivity index is 2.05. The van der Waals surface area contributed by atoms with Crippen LogP contribution in [0.2, 0.25) is 5.02 Å². The van der Waals surface area contributed by atoms with Crippen LogP contribution in [0.5, 0.6) is 0 Å². The molecule has 6 nitrogen and oxygen atoms in total. The first-order valence-electron chi connectivity index (χ1n) is 6.13. The number of hydrogen-bond acceptors (Lipinski definition) is 4. The second-order valence-electron chi connectivity index (χ2n) is 4.54. The Kier molecular flexibility index (Phi) is 4.34. The van der Waals surface area contributed by atoms with Gasteiger partial charge in [-0.15, -0.1) is 0 Å². The summed E-state index contributed by atoms with van der Waals surface area (Å²) in [5.74, 6) is -1.05. The van der Waals surface area contributed by atoms with Gasteiger partial charge >= 0.3 is 12.1 Å². The lowest BCUT2D eigenvalue weighted by atomic mass is 10.2. The summed E-state index contributed by atoms with van der Waals surface area (Å²) in [5, 5.41) is 11.9. The molecule has 0 saturated carbocycles. The van der Waals surface area contributed by atoms with Crippen molar-refractivity contribution in [3.05, 3.63) is 28.8 Å². The summed E-state index contributed by atoms with van der Waals surface area (Å²) in [4.78, 5) is 24.1. The van der Waals surface area contributed by atoms with Gasteiger partial charge in [0.1, 0.15) is 0 Å². The Bertz CT molecular complexity index is 535. The van der Waals surface area contributed by atoms with Crippen LogP contribution in [0.4, 0.5) is 10.5 Å². The summed E-state index contributed by atoms with van der Waals surface area (Å²) in [6, 6.07) is 4.85. The third-order valence-corrected chi connectivity index (χ3v) is 3.56. The Labute approximate surface area is 121 Å². The highest BCUT2D eigenvalue weighted by atomic mass is 35.5. The third-order valence-electron chi connectivity index (χ3n) is 3.24. The highest BCUT2D eigenvalue weighted by Crippen LogP contribution is 2.26. The van der Waals surface area contributed by atoms with Crippen molar-refractivity contribution in [2.24, 2.45) is 0 Å². The van der Waals surface area contributed by atoms with E-state index in [2.05, 4.69) is 10.1 Å². The van der Waals surface area contributed by atoms with Crippen molar-refractivity contribution < 1.29 is 19.4 Å². The number of carboxylic acids is 1. The van der Waals surface area contributed by atoms with Gasteiger partial charge in [0.05, 0.1) is 23.7 Å². The number of rotatable bonds is 3. The molecule has 1 fully saturated rings. The fourth-order valence-electron chi connectivity index (χ4n) is 2.21. The zero-order chi connectivity index (χ0) is 14.7.